The minimum atomic E-state index is -1.33. The Bertz CT molecular complexity index is 2090. The molecule has 9 rings (SSSR count). The fraction of sp³-hybridized carbons (Fsp3) is 0.580. The normalized spacial score (nSPS) is 32.8. The second-order valence-corrected chi connectivity index (χ2v) is 19.6. The van der Waals surface area contributed by atoms with Crippen molar-refractivity contribution in [2.24, 2.45) is 22.2 Å². The van der Waals surface area contributed by atoms with Gasteiger partial charge in [0.15, 0.2) is 11.4 Å². The first-order valence-corrected chi connectivity index (χ1v) is 21.9. The molecule has 3 aromatic rings. The lowest BCUT2D eigenvalue weighted by Gasteiger charge is -2.48. The highest BCUT2D eigenvalue weighted by molar-refractivity contribution is 6.00. The van der Waals surface area contributed by atoms with Gasteiger partial charge in [-0.15, -0.1) is 0 Å². The minimum absolute atomic E-state index is 0.0173. The largest absolute Gasteiger partial charge is 0.448 e. The van der Waals surface area contributed by atoms with E-state index in [1.54, 1.807) is 0 Å². The molecule has 6 aliphatic rings. The van der Waals surface area contributed by atoms with Crippen LogP contribution in [0.2, 0.25) is 0 Å². The Morgan fingerprint density at radius 3 is 2.37 bits per heavy atom. The first-order chi connectivity index (χ1) is 27.1. The number of hydrogen-bond acceptors (Lipinski definition) is 6. The number of carbonyl (C=O) groups is 3. The average molecular weight is 774 g/mol. The molecule has 7 nitrogen and oxygen atoms in total. The van der Waals surface area contributed by atoms with Gasteiger partial charge in [-0.25, -0.2) is 0 Å². The minimum Gasteiger partial charge on any atom is -0.448 e. The molecule has 7 heteroatoms. The smallest absolute Gasteiger partial charge is 0.313 e. The molecule has 57 heavy (non-hydrogen) atoms. The van der Waals surface area contributed by atoms with E-state index in [4.69, 9.17) is 4.74 Å². The zero-order valence-corrected chi connectivity index (χ0v) is 34.9. The molecule has 4 fully saturated rings. The van der Waals surface area contributed by atoms with Gasteiger partial charge < -0.3 is 19.8 Å². The van der Waals surface area contributed by atoms with Gasteiger partial charge in [0.25, 0.3) is 5.91 Å². The fourth-order valence-electron chi connectivity index (χ4n) is 11.9. The zero-order chi connectivity index (χ0) is 40.4. The molecule has 304 valence electrons. The maximum atomic E-state index is 15.5. The predicted molar refractivity (Wildman–Crippen MR) is 224 cm³/mol. The van der Waals surface area contributed by atoms with Crippen LogP contribution in [0.15, 0.2) is 72.3 Å². The molecule has 6 atom stereocenters. The summed E-state index contributed by atoms with van der Waals surface area (Å²) in [6.07, 6.45) is 12.3. The van der Waals surface area contributed by atoms with Crippen molar-refractivity contribution in [3.63, 3.8) is 0 Å². The van der Waals surface area contributed by atoms with E-state index in [2.05, 4.69) is 62.4 Å². The van der Waals surface area contributed by atoms with Crippen LogP contribution in [0.5, 0.6) is 0 Å². The van der Waals surface area contributed by atoms with Crippen molar-refractivity contribution in [1.29, 1.82) is 0 Å². The first-order valence-electron chi connectivity index (χ1n) is 21.9. The van der Waals surface area contributed by atoms with Gasteiger partial charge in [0.05, 0.1) is 23.7 Å². The molecule has 1 saturated heterocycles. The molecule has 3 saturated carbocycles. The molecular formula is C50H63NO6. The Labute approximate surface area is 339 Å². The summed E-state index contributed by atoms with van der Waals surface area (Å²) >= 11 is 0. The molecule has 1 aliphatic heterocycles. The Balaban J connectivity index is 1.23. The molecule has 4 bridgehead atoms. The monoisotopic (exact) mass is 773 g/mol. The van der Waals surface area contributed by atoms with Crippen LogP contribution in [-0.2, 0) is 27.3 Å². The van der Waals surface area contributed by atoms with E-state index in [0.29, 0.717) is 44.9 Å². The number of fused-ring (bicyclic) bond motifs is 11. The van der Waals surface area contributed by atoms with Crippen LogP contribution in [0.1, 0.15) is 151 Å². The Hall–Kier alpha value is -3.81. The molecule has 3 aromatic carbocycles. The van der Waals surface area contributed by atoms with Crippen LogP contribution < -0.4 is 0 Å². The Morgan fingerprint density at radius 1 is 0.877 bits per heavy atom. The van der Waals surface area contributed by atoms with Gasteiger partial charge in [-0.2, -0.15) is 0 Å². The highest BCUT2D eigenvalue weighted by Gasteiger charge is 2.76. The van der Waals surface area contributed by atoms with Crippen LogP contribution >= 0.6 is 0 Å². The summed E-state index contributed by atoms with van der Waals surface area (Å²) in [5.41, 5.74) is 0.0402. The number of allylic oxidation sites excluding steroid dienone is 2. The number of ether oxygens (including phenoxy) is 1. The molecule has 2 N–H and O–H groups in total. The summed E-state index contributed by atoms with van der Waals surface area (Å²) in [4.78, 5) is 45.4. The van der Waals surface area contributed by atoms with E-state index in [1.807, 2.05) is 43.9 Å². The molecule has 0 radical (unpaired) electrons. The second-order valence-electron chi connectivity index (χ2n) is 19.6. The summed E-state index contributed by atoms with van der Waals surface area (Å²) in [5, 5.41) is 26.7. The van der Waals surface area contributed by atoms with E-state index < -0.39 is 33.6 Å². The topological polar surface area (TPSA) is 104 Å². The van der Waals surface area contributed by atoms with Gasteiger partial charge in [0.2, 0.25) is 0 Å². The first kappa shape index (κ1) is 40.0. The van der Waals surface area contributed by atoms with Gasteiger partial charge in [-0.3, -0.25) is 14.4 Å². The number of benzene rings is 3. The molecule has 0 aromatic heterocycles. The standard InChI is InChI=1S/C50H63NO6/c1-33-13-12-25-47(4)42(40-23-21-34(29-38(52)22-20-33)30-41(40)43(53)36-15-7-6-8-16-36)24-26-49(47,56)32-51(31-37-18-11-17-35-14-9-10-19-39(35)37)44(54)50-28-27-48(5,45(55)57-50)46(50,2)3/h9-11,13-14,17-19,21,23,30,36,38,42,52,56H,6-8,12,15-16,20,22,24-29,31-32H2,1-5H3. The van der Waals surface area contributed by atoms with E-state index in [-0.39, 0.29) is 42.6 Å². The highest BCUT2D eigenvalue weighted by atomic mass is 16.6. The van der Waals surface area contributed by atoms with E-state index in [0.717, 1.165) is 78.0 Å². The number of Topliss-reactive ketones (excluding diaryl/α,β-unsaturated/α-hetero) is 1. The summed E-state index contributed by atoms with van der Waals surface area (Å²) in [6.45, 7) is 10.6. The van der Waals surface area contributed by atoms with Crippen LogP contribution in [0.3, 0.4) is 0 Å². The quantitative estimate of drug-likeness (QED) is 0.141. The SMILES string of the molecule is CC1=CCCC2(C)C(CCC2(O)CN(Cc2cccc3ccccc23)C(=O)C23CCC(C)(C(=O)O2)C3(C)C)c2ccc(cc2C(=O)C2CCCCC2)CC(O)CC1. The molecule has 6 unspecified atom stereocenters. The summed E-state index contributed by atoms with van der Waals surface area (Å²) < 4.78 is 6.24. The number of amides is 1. The maximum absolute atomic E-state index is 15.5. The summed E-state index contributed by atoms with van der Waals surface area (Å²) in [5.74, 6) is -0.505. The second kappa shape index (κ2) is 14.8. The van der Waals surface area contributed by atoms with Crippen LogP contribution in [0.25, 0.3) is 10.8 Å². The fourth-order valence-corrected chi connectivity index (χ4v) is 11.9. The number of hydrogen-bond donors (Lipinski definition) is 2. The number of rotatable bonds is 7. The number of carbonyl (C=O) groups excluding carboxylic acids is 3. The number of nitrogens with zero attached hydrogens (tertiary/aromatic N) is 1. The Kier molecular flexibility index (Phi) is 10.4. The molecular weight excluding hydrogens is 711 g/mol. The van der Waals surface area contributed by atoms with Gasteiger partial charge in [0.1, 0.15) is 0 Å². The van der Waals surface area contributed by atoms with Crippen molar-refractivity contribution in [2.45, 2.75) is 154 Å². The summed E-state index contributed by atoms with van der Waals surface area (Å²) in [6, 6.07) is 20.6. The van der Waals surface area contributed by atoms with Crippen LogP contribution in [0.4, 0.5) is 0 Å². The van der Waals surface area contributed by atoms with E-state index in [1.165, 1.54) is 5.57 Å². The van der Waals surface area contributed by atoms with E-state index in [9.17, 15) is 19.8 Å². The maximum Gasteiger partial charge on any atom is 0.313 e. The lowest BCUT2D eigenvalue weighted by molar-refractivity contribution is -0.178. The molecule has 5 aliphatic carbocycles. The van der Waals surface area contributed by atoms with Crippen molar-refractivity contribution >= 4 is 28.4 Å². The predicted octanol–water partition coefficient (Wildman–Crippen LogP) is 9.79. The van der Waals surface area contributed by atoms with E-state index >= 15 is 4.79 Å². The van der Waals surface area contributed by atoms with Gasteiger partial charge in [0, 0.05) is 28.9 Å². The number of esters is 1. The van der Waals surface area contributed by atoms with Crippen molar-refractivity contribution in [3.05, 3.63) is 94.6 Å². The van der Waals surface area contributed by atoms with Crippen molar-refractivity contribution in [3.8, 4) is 0 Å². The zero-order valence-electron chi connectivity index (χ0n) is 34.9. The third kappa shape index (κ3) is 6.50. The van der Waals surface area contributed by atoms with Crippen molar-refractivity contribution in [1.82, 2.24) is 4.90 Å². The lowest BCUT2D eigenvalue weighted by atomic mass is 9.64. The van der Waals surface area contributed by atoms with Gasteiger partial charge in [-0.05, 0) is 124 Å². The average Bonchev–Trinajstić information content (AvgIpc) is 3.64. The molecule has 1 heterocycles. The molecule has 1 amide bonds. The highest BCUT2D eigenvalue weighted by Crippen LogP contribution is 2.66. The lowest BCUT2D eigenvalue weighted by Crippen LogP contribution is -2.60. The van der Waals surface area contributed by atoms with Crippen molar-refractivity contribution < 1.29 is 29.3 Å². The van der Waals surface area contributed by atoms with Gasteiger partial charge in [-0.1, -0.05) is 106 Å². The van der Waals surface area contributed by atoms with Crippen molar-refractivity contribution in [2.75, 3.05) is 6.54 Å². The third-order valence-electron chi connectivity index (χ3n) is 16.3. The van der Waals surface area contributed by atoms with Crippen LogP contribution in [0, 0.1) is 22.2 Å². The van der Waals surface area contributed by atoms with Crippen LogP contribution in [-0.4, -0.2) is 56.6 Å². The third-order valence-corrected chi connectivity index (χ3v) is 16.3. The number of aliphatic hydroxyl groups excluding tert-OH is 1. The molecule has 0 spiro atoms. The number of aliphatic hydroxyl groups is 2. The Morgan fingerprint density at radius 2 is 1.63 bits per heavy atom. The summed E-state index contributed by atoms with van der Waals surface area (Å²) in [7, 11) is 0. The van der Waals surface area contributed by atoms with Gasteiger partial charge >= 0.3 is 5.97 Å². The number of ketones is 1.